The van der Waals surface area contributed by atoms with Gasteiger partial charge in [0.25, 0.3) is 0 Å². The van der Waals surface area contributed by atoms with Crippen LogP contribution in [0.4, 0.5) is 10.6 Å². The van der Waals surface area contributed by atoms with Gasteiger partial charge in [-0.3, -0.25) is 9.80 Å². The molecule has 8 nitrogen and oxygen atoms in total. The average Bonchev–Trinajstić information content (AvgIpc) is 3.14. The molecule has 1 amide bonds. The first kappa shape index (κ1) is 28.9. The number of piperazine rings is 1. The van der Waals surface area contributed by atoms with Crippen molar-refractivity contribution in [2.75, 3.05) is 38.2 Å². The molecule has 3 heterocycles. The Morgan fingerprint density at radius 3 is 2.39 bits per heavy atom. The number of anilines is 1. The molecule has 0 aliphatic carbocycles. The summed E-state index contributed by atoms with van der Waals surface area (Å²) in [5.41, 5.74) is 0.285. The minimum Gasteiger partial charge on any atom is -0.461 e. The predicted molar refractivity (Wildman–Crippen MR) is 156 cm³/mol. The maximum atomic E-state index is 13.0. The standard InChI is InChI=1S/C29H44BrN5O3/c1-8-15-29(9-2,33(7)10-3)19-37-26-31-24-16-20(30)11-14-23(24)25(32-26)34-17-21-12-13-22(18-34)35(21)27(36)38-28(4,5)6/h11,14,16,21-22H,8-10,12-13,15,17-19H2,1-7H3. The first-order valence-electron chi connectivity index (χ1n) is 14.1. The van der Waals surface area contributed by atoms with E-state index in [1.807, 2.05) is 37.8 Å². The first-order valence-corrected chi connectivity index (χ1v) is 14.9. The van der Waals surface area contributed by atoms with E-state index in [1.54, 1.807) is 0 Å². The molecule has 0 N–H and O–H groups in total. The van der Waals surface area contributed by atoms with E-state index in [-0.39, 0.29) is 23.7 Å². The van der Waals surface area contributed by atoms with Crippen molar-refractivity contribution in [3.63, 3.8) is 0 Å². The van der Waals surface area contributed by atoms with E-state index in [4.69, 9.17) is 19.4 Å². The molecule has 0 radical (unpaired) electrons. The topological polar surface area (TPSA) is 71.0 Å². The minimum atomic E-state index is -0.506. The van der Waals surface area contributed by atoms with Crippen LogP contribution in [-0.4, -0.2) is 82.4 Å². The number of carbonyl (C=O) groups is 1. The number of ether oxygens (including phenoxy) is 2. The molecule has 38 heavy (non-hydrogen) atoms. The molecule has 2 fully saturated rings. The van der Waals surface area contributed by atoms with Crippen LogP contribution in [-0.2, 0) is 4.74 Å². The van der Waals surface area contributed by atoms with Gasteiger partial charge in [0.05, 0.1) is 23.1 Å². The van der Waals surface area contributed by atoms with Gasteiger partial charge in [-0.05, 0) is 78.2 Å². The Balaban J connectivity index is 1.63. The van der Waals surface area contributed by atoms with Crippen LogP contribution in [0.3, 0.4) is 0 Å². The number of fused-ring (bicyclic) bond motifs is 3. The summed E-state index contributed by atoms with van der Waals surface area (Å²) in [7, 11) is 2.17. The van der Waals surface area contributed by atoms with E-state index in [0.29, 0.717) is 25.7 Å². The fourth-order valence-corrected chi connectivity index (χ4v) is 6.33. The number of likely N-dealkylation sites (N-methyl/N-ethyl adjacent to an activating group) is 1. The van der Waals surface area contributed by atoms with E-state index in [2.05, 4.69) is 59.6 Å². The molecule has 4 rings (SSSR count). The van der Waals surface area contributed by atoms with Crippen molar-refractivity contribution in [2.24, 2.45) is 0 Å². The summed E-state index contributed by atoms with van der Waals surface area (Å²) in [4.78, 5) is 29.5. The number of benzene rings is 1. The summed E-state index contributed by atoms with van der Waals surface area (Å²) in [5.74, 6) is 0.875. The van der Waals surface area contributed by atoms with Crippen LogP contribution >= 0.6 is 15.9 Å². The van der Waals surface area contributed by atoms with Gasteiger partial charge in [-0.1, -0.05) is 43.1 Å². The zero-order valence-corrected chi connectivity index (χ0v) is 25.7. The van der Waals surface area contributed by atoms with Gasteiger partial charge >= 0.3 is 12.1 Å². The second-order valence-electron chi connectivity index (χ2n) is 11.8. The lowest BCUT2D eigenvalue weighted by Crippen LogP contribution is -2.57. The highest BCUT2D eigenvalue weighted by atomic mass is 79.9. The predicted octanol–water partition coefficient (Wildman–Crippen LogP) is 6.26. The average molecular weight is 591 g/mol. The minimum absolute atomic E-state index is 0.0581. The Morgan fingerprint density at radius 1 is 1.13 bits per heavy atom. The van der Waals surface area contributed by atoms with Crippen LogP contribution < -0.4 is 9.64 Å². The Hall–Kier alpha value is -2.13. The zero-order valence-electron chi connectivity index (χ0n) is 24.1. The summed E-state index contributed by atoms with van der Waals surface area (Å²) >= 11 is 3.61. The summed E-state index contributed by atoms with van der Waals surface area (Å²) in [6.07, 6.45) is 4.86. The Morgan fingerprint density at radius 2 is 1.82 bits per heavy atom. The van der Waals surface area contributed by atoms with Gasteiger partial charge in [0.2, 0.25) is 0 Å². The van der Waals surface area contributed by atoms with Crippen molar-refractivity contribution < 1.29 is 14.3 Å². The van der Waals surface area contributed by atoms with Gasteiger partial charge < -0.3 is 14.4 Å². The molecule has 0 spiro atoms. The van der Waals surface area contributed by atoms with Crippen molar-refractivity contribution in [1.29, 1.82) is 0 Å². The third-order valence-corrected chi connectivity index (χ3v) is 8.63. The van der Waals surface area contributed by atoms with Crippen molar-refractivity contribution in [3.8, 4) is 6.01 Å². The highest BCUT2D eigenvalue weighted by Gasteiger charge is 2.45. The van der Waals surface area contributed by atoms with Crippen LogP contribution in [0.1, 0.15) is 73.6 Å². The largest absolute Gasteiger partial charge is 0.461 e. The van der Waals surface area contributed by atoms with Gasteiger partial charge in [0.1, 0.15) is 18.0 Å². The van der Waals surface area contributed by atoms with Crippen LogP contribution in [0, 0.1) is 0 Å². The Kier molecular flexibility index (Phi) is 8.77. The van der Waals surface area contributed by atoms with Crippen LogP contribution in [0.2, 0.25) is 0 Å². The summed E-state index contributed by atoms with van der Waals surface area (Å²) in [6, 6.07) is 6.73. The van der Waals surface area contributed by atoms with Crippen LogP contribution in [0.5, 0.6) is 6.01 Å². The number of halogens is 1. The van der Waals surface area contributed by atoms with Crippen LogP contribution in [0.15, 0.2) is 22.7 Å². The molecule has 3 atom stereocenters. The van der Waals surface area contributed by atoms with Gasteiger partial charge in [-0.2, -0.15) is 9.97 Å². The monoisotopic (exact) mass is 589 g/mol. The maximum absolute atomic E-state index is 13.0. The first-order chi connectivity index (χ1) is 18.0. The second-order valence-corrected chi connectivity index (χ2v) is 12.7. The lowest BCUT2D eigenvalue weighted by atomic mass is 9.90. The number of rotatable bonds is 9. The SMILES string of the molecule is CCCC(CC)(COc1nc(N2CC3CCC(C2)N3C(=O)OC(C)(C)C)c2ccc(Br)cc2n1)N(C)CC. The Bertz CT molecular complexity index is 1130. The van der Waals surface area contributed by atoms with E-state index in [0.717, 1.165) is 59.8 Å². The lowest BCUT2D eigenvalue weighted by molar-refractivity contribution is 0.0122. The molecule has 1 aromatic heterocycles. The number of hydrogen-bond acceptors (Lipinski definition) is 7. The van der Waals surface area contributed by atoms with Crippen molar-refractivity contribution >= 4 is 38.7 Å². The van der Waals surface area contributed by atoms with Gasteiger partial charge in [0, 0.05) is 22.9 Å². The molecule has 1 aromatic carbocycles. The highest BCUT2D eigenvalue weighted by molar-refractivity contribution is 9.10. The molecular weight excluding hydrogens is 546 g/mol. The molecule has 2 aliphatic heterocycles. The smallest absolute Gasteiger partial charge is 0.410 e. The number of nitrogens with zero attached hydrogens (tertiary/aromatic N) is 5. The molecule has 2 aromatic rings. The lowest BCUT2D eigenvalue weighted by Gasteiger charge is -2.42. The molecule has 9 heteroatoms. The zero-order chi connectivity index (χ0) is 27.7. The number of aromatic nitrogens is 2. The molecule has 3 unspecified atom stereocenters. The summed E-state index contributed by atoms with van der Waals surface area (Å²) < 4.78 is 13.1. The van der Waals surface area contributed by atoms with Gasteiger partial charge in [0.15, 0.2) is 0 Å². The molecule has 0 saturated carbocycles. The quantitative estimate of drug-likeness (QED) is 0.342. The third-order valence-electron chi connectivity index (χ3n) is 8.13. The third kappa shape index (κ3) is 6.03. The maximum Gasteiger partial charge on any atom is 0.410 e. The van der Waals surface area contributed by atoms with Crippen LogP contribution in [0.25, 0.3) is 10.9 Å². The van der Waals surface area contributed by atoms with E-state index in [9.17, 15) is 4.79 Å². The molecule has 2 saturated heterocycles. The Labute approximate surface area is 236 Å². The molecular formula is C29H44BrN5O3. The second kappa shape index (κ2) is 11.5. The fourth-order valence-electron chi connectivity index (χ4n) is 5.98. The molecule has 2 bridgehead atoms. The van der Waals surface area contributed by atoms with Gasteiger partial charge in [-0.15, -0.1) is 0 Å². The van der Waals surface area contributed by atoms with E-state index < -0.39 is 5.60 Å². The normalized spacial score (nSPS) is 21.2. The highest BCUT2D eigenvalue weighted by Crippen LogP contribution is 2.37. The van der Waals surface area contributed by atoms with Crippen molar-refractivity contribution in [1.82, 2.24) is 19.8 Å². The summed E-state index contributed by atoms with van der Waals surface area (Å²) in [5, 5.41) is 0.992. The fraction of sp³-hybridized carbons (Fsp3) is 0.690. The van der Waals surface area contributed by atoms with E-state index in [1.165, 1.54) is 0 Å². The number of hydrogen-bond donors (Lipinski definition) is 0. The van der Waals surface area contributed by atoms with E-state index >= 15 is 0 Å². The van der Waals surface area contributed by atoms with Gasteiger partial charge in [-0.25, -0.2) is 4.79 Å². The molecule has 210 valence electrons. The number of amides is 1. The summed E-state index contributed by atoms with van der Waals surface area (Å²) in [6.45, 7) is 15.3. The molecule has 2 aliphatic rings. The van der Waals surface area contributed by atoms with Crippen molar-refractivity contribution in [3.05, 3.63) is 22.7 Å². The number of carbonyl (C=O) groups excluding carboxylic acids is 1. The van der Waals surface area contributed by atoms with Crippen molar-refractivity contribution in [2.45, 2.75) is 96.9 Å².